The zero-order valence-corrected chi connectivity index (χ0v) is 9.69. The lowest BCUT2D eigenvalue weighted by atomic mass is 10.0. The molecule has 0 bridgehead atoms. The molecule has 92 valence electrons. The first-order valence-corrected chi connectivity index (χ1v) is 5.19. The molecule has 0 spiro atoms. The summed E-state index contributed by atoms with van der Waals surface area (Å²) < 4.78 is 4.53. The third kappa shape index (κ3) is 2.17. The monoisotopic (exact) mass is 230 g/mol. The van der Waals surface area contributed by atoms with Gasteiger partial charge in [-0.3, -0.25) is 4.79 Å². The molecule has 0 aliphatic heterocycles. The molecular formula is C10H18N2O4. The maximum Gasteiger partial charge on any atom is 0.334 e. The van der Waals surface area contributed by atoms with Crippen LogP contribution >= 0.6 is 0 Å². The second kappa shape index (κ2) is 4.39. The van der Waals surface area contributed by atoms with Crippen LogP contribution in [0.15, 0.2) is 0 Å². The van der Waals surface area contributed by atoms with Gasteiger partial charge < -0.3 is 20.9 Å². The number of amides is 1. The third-order valence-corrected chi connectivity index (χ3v) is 2.84. The van der Waals surface area contributed by atoms with Crippen LogP contribution in [0.3, 0.4) is 0 Å². The Hall–Kier alpha value is -1.14. The van der Waals surface area contributed by atoms with Crippen molar-refractivity contribution in [1.82, 2.24) is 5.32 Å². The van der Waals surface area contributed by atoms with Gasteiger partial charge in [-0.15, -0.1) is 0 Å². The van der Waals surface area contributed by atoms with Crippen molar-refractivity contribution in [3.63, 3.8) is 0 Å². The van der Waals surface area contributed by atoms with Crippen LogP contribution in [0.2, 0.25) is 0 Å². The van der Waals surface area contributed by atoms with E-state index >= 15 is 0 Å². The van der Waals surface area contributed by atoms with Crippen molar-refractivity contribution in [3.05, 3.63) is 0 Å². The largest absolute Gasteiger partial charge is 0.467 e. The summed E-state index contributed by atoms with van der Waals surface area (Å²) >= 11 is 0. The van der Waals surface area contributed by atoms with E-state index in [1.807, 2.05) is 0 Å². The van der Waals surface area contributed by atoms with Crippen LogP contribution in [0, 0.1) is 5.92 Å². The molecule has 1 fully saturated rings. The van der Waals surface area contributed by atoms with Gasteiger partial charge in [-0.05, 0) is 5.92 Å². The summed E-state index contributed by atoms with van der Waals surface area (Å²) in [4.78, 5) is 23.0. The minimum Gasteiger partial charge on any atom is -0.467 e. The molecule has 0 aromatic carbocycles. The van der Waals surface area contributed by atoms with Gasteiger partial charge >= 0.3 is 5.97 Å². The maximum atomic E-state index is 11.7. The molecule has 1 rings (SSSR count). The number of ether oxygens (including phenoxy) is 1. The van der Waals surface area contributed by atoms with E-state index in [1.165, 1.54) is 7.11 Å². The van der Waals surface area contributed by atoms with Crippen LogP contribution in [-0.2, 0) is 14.3 Å². The summed E-state index contributed by atoms with van der Waals surface area (Å²) in [6.07, 6.45) is -0.709. The van der Waals surface area contributed by atoms with Crippen molar-refractivity contribution in [2.45, 2.75) is 38.0 Å². The molecule has 1 aliphatic rings. The number of methoxy groups -OCH3 is 1. The molecular weight excluding hydrogens is 212 g/mol. The third-order valence-electron chi connectivity index (χ3n) is 2.84. The van der Waals surface area contributed by atoms with Crippen molar-refractivity contribution >= 4 is 11.9 Å². The van der Waals surface area contributed by atoms with Gasteiger partial charge in [0, 0.05) is 6.42 Å². The average molecular weight is 230 g/mol. The van der Waals surface area contributed by atoms with Crippen molar-refractivity contribution in [2.75, 3.05) is 7.11 Å². The molecule has 0 radical (unpaired) electrons. The molecule has 3 atom stereocenters. The number of carbonyl (C=O) groups is 2. The predicted molar refractivity (Wildman–Crippen MR) is 56.3 cm³/mol. The first-order chi connectivity index (χ1) is 7.35. The van der Waals surface area contributed by atoms with Gasteiger partial charge in [0.05, 0.1) is 19.3 Å². The second-order valence-corrected chi connectivity index (χ2v) is 4.44. The maximum absolute atomic E-state index is 11.7. The summed E-state index contributed by atoms with van der Waals surface area (Å²) in [7, 11) is 1.21. The van der Waals surface area contributed by atoms with E-state index < -0.39 is 29.6 Å². The average Bonchev–Trinajstić information content (AvgIpc) is 2.87. The van der Waals surface area contributed by atoms with Gasteiger partial charge in [-0.1, -0.05) is 13.8 Å². The highest BCUT2D eigenvalue weighted by molar-refractivity contribution is 5.93. The van der Waals surface area contributed by atoms with Crippen molar-refractivity contribution in [1.29, 1.82) is 0 Å². The summed E-state index contributed by atoms with van der Waals surface area (Å²) in [5.41, 5.74) is 4.36. The number of hydrogen-bond acceptors (Lipinski definition) is 5. The fraction of sp³-hybridized carbons (Fsp3) is 0.800. The lowest BCUT2D eigenvalue weighted by Crippen LogP contribution is -2.53. The Balaban J connectivity index is 2.66. The number of esters is 1. The molecule has 0 saturated heterocycles. The lowest BCUT2D eigenvalue weighted by Gasteiger charge is -2.20. The van der Waals surface area contributed by atoms with Gasteiger partial charge in [0.1, 0.15) is 0 Å². The van der Waals surface area contributed by atoms with Crippen LogP contribution in [0.4, 0.5) is 0 Å². The van der Waals surface area contributed by atoms with E-state index in [0.29, 0.717) is 0 Å². The Morgan fingerprint density at radius 2 is 2.06 bits per heavy atom. The summed E-state index contributed by atoms with van der Waals surface area (Å²) in [6, 6.07) is -0.700. The predicted octanol–water partition coefficient (Wildman–Crippen LogP) is -1.24. The van der Waals surface area contributed by atoms with Crippen LogP contribution in [0.5, 0.6) is 0 Å². The minimum absolute atomic E-state index is 0.0365. The van der Waals surface area contributed by atoms with Crippen LogP contribution in [-0.4, -0.2) is 41.8 Å². The fourth-order valence-corrected chi connectivity index (χ4v) is 1.44. The summed E-state index contributed by atoms with van der Waals surface area (Å²) in [6.45, 7) is 3.61. The number of rotatable bonds is 4. The Morgan fingerprint density at radius 1 is 1.56 bits per heavy atom. The van der Waals surface area contributed by atoms with Gasteiger partial charge in [0.25, 0.3) is 0 Å². The van der Waals surface area contributed by atoms with Gasteiger partial charge in [0.2, 0.25) is 5.91 Å². The van der Waals surface area contributed by atoms with Crippen LogP contribution in [0.1, 0.15) is 20.3 Å². The molecule has 1 aliphatic carbocycles. The highest BCUT2D eigenvalue weighted by Gasteiger charge is 2.62. The van der Waals surface area contributed by atoms with Crippen LogP contribution in [0.25, 0.3) is 0 Å². The molecule has 6 heteroatoms. The van der Waals surface area contributed by atoms with E-state index in [-0.39, 0.29) is 12.3 Å². The van der Waals surface area contributed by atoms with E-state index in [9.17, 15) is 14.7 Å². The molecule has 1 saturated carbocycles. The number of aliphatic hydroxyl groups excluding tert-OH is 1. The molecule has 2 unspecified atom stereocenters. The zero-order valence-electron chi connectivity index (χ0n) is 9.69. The fourth-order valence-electron chi connectivity index (χ4n) is 1.44. The number of aliphatic hydroxyl groups is 1. The Bertz CT molecular complexity index is 305. The van der Waals surface area contributed by atoms with E-state index in [4.69, 9.17) is 5.73 Å². The highest BCUT2D eigenvalue weighted by Crippen LogP contribution is 2.37. The standard InChI is InChI=1S/C10H18N2O4/c1-5(2)7(11)8(14)12-10(4-6(10)13)9(15)16-3/h5-7,13H,4,11H2,1-3H3,(H,12,14)/t6?,7-,10?/m0/s1. The molecule has 6 nitrogen and oxygen atoms in total. The lowest BCUT2D eigenvalue weighted by molar-refractivity contribution is -0.147. The Morgan fingerprint density at radius 3 is 2.38 bits per heavy atom. The first-order valence-electron chi connectivity index (χ1n) is 5.19. The van der Waals surface area contributed by atoms with E-state index in [2.05, 4.69) is 10.1 Å². The van der Waals surface area contributed by atoms with Crippen LogP contribution < -0.4 is 11.1 Å². The normalized spacial score (nSPS) is 29.8. The van der Waals surface area contributed by atoms with Crippen molar-refractivity contribution in [3.8, 4) is 0 Å². The van der Waals surface area contributed by atoms with E-state index in [0.717, 1.165) is 0 Å². The number of carbonyl (C=O) groups excluding carboxylic acids is 2. The van der Waals surface area contributed by atoms with E-state index in [1.54, 1.807) is 13.8 Å². The Labute approximate surface area is 94.1 Å². The number of hydrogen-bond donors (Lipinski definition) is 3. The van der Waals surface area contributed by atoms with Gasteiger partial charge in [-0.2, -0.15) is 0 Å². The molecule has 16 heavy (non-hydrogen) atoms. The molecule has 0 aromatic heterocycles. The van der Waals surface area contributed by atoms with Crippen molar-refractivity contribution in [2.24, 2.45) is 11.7 Å². The summed E-state index contributed by atoms with van der Waals surface area (Å²) in [5, 5.41) is 11.9. The highest BCUT2D eigenvalue weighted by atomic mass is 16.5. The quantitative estimate of drug-likeness (QED) is 0.524. The van der Waals surface area contributed by atoms with Crippen molar-refractivity contribution < 1.29 is 19.4 Å². The SMILES string of the molecule is COC(=O)C1(NC(=O)[C@@H](N)C(C)C)CC1O. The van der Waals surface area contributed by atoms with Gasteiger partial charge in [0.15, 0.2) is 5.54 Å². The zero-order chi connectivity index (χ0) is 12.5. The smallest absolute Gasteiger partial charge is 0.334 e. The minimum atomic E-state index is -1.28. The topological polar surface area (TPSA) is 102 Å². The number of nitrogens with one attached hydrogen (secondary N) is 1. The molecule has 0 heterocycles. The molecule has 0 aromatic rings. The molecule has 1 amide bonds. The number of nitrogens with two attached hydrogens (primary N) is 1. The van der Waals surface area contributed by atoms with Gasteiger partial charge in [-0.25, -0.2) is 4.79 Å². The first kappa shape index (κ1) is 12.9. The molecule has 4 N–H and O–H groups in total. The Kier molecular flexibility index (Phi) is 3.54. The second-order valence-electron chi connectivity index (χ2n) is 4.44. The summed E-state index contributed by atoms with van der Waals surface area (Å²) in [5.74, 6) is -1.12.